The van der Waals surface area contributed by atoms with Crippen LogP contribution in [0.3, 0.4) is 0 Å². The van der Waals surface area contributed by atoms with E-state index in [0.29, 0.717) is 18.0 Å². The van der Waals surface area contributed by atoms with Crippen LogP contribution < -0.4 is 10.1 Å². The number of halogens is 3. The van der Waals surface area contributed by atoms with E-state index in [9.17, 15) is 13.2 Å². The fourth-order valence-corrected chi connectivity index (χ4v) is 1.74. The first-order valence-corrected chi connectivity index (χ1v) is 6.45. The van der Waals surface area contributed by atoms with Crippen LogP contribution in [0.25, 0.3) is 0 Å². The monoisotopic (exact) mass is 300 g/mol. The molecule has 7 heteroatoms. The lowest BCUT2D eigenvalue weighted by Gasteiger charge is -2.12. The number of hydrogen-bond donors (Lipinski definition) is 1. The first-order valence-electron chi connectivity index (χ1n) is 6.45. The van der Waals surface area contributed by atoms with Crippen molar-refractivity contribution < 1.29 is 22.4 Å². The summed E-state index contributed by atoms with van der Waals surface area (Å²) in [6.07, 6.45) is -4.45. The molecule has 0 bridgehead atoms. The summed E-state index contributed by atoms with van der Waals surface area (Å²) in [5.41, 5.74) is -0.128. The van der Waals surface area contributed by atoms with E-state index in [0.717, 1.165) is 12.6 Å². The third-order valence-corrected chi connectivity index (χ3v) is 2.73. The molecule has 0 aliphatic rings. The van der Waals surface area contributed by atoms with Crippen molar-refractivity contribution in [2.45, 2.75) is 26.3 Å². The Morgan fingerprint density at radius 3 is 2.76 bits per heavy atom. The Labute approximate surface area is 119 Å². The number of nitrogens with one attached hydrogen (secondary N) is 1. The molecule has 0 amide bonds. The van der Waals surface area contributed by atoms with Gasteiger partial charge in [0.2, 0.25) is 0 Å². The minimum atomic E-state index is -4.45. The predicted molar refractivity (Wildman–Crippen MR) is 69.7 cm³/mol. The molecule has 0 atom stereocenters. The first-order chi connectivity index (χ1) is 10.0. The number of alkyl halides is 3. The topological polar surface area (TPSA) is 47.3 Å². The van der Waals surface area contributed by atoms with Crippen LogP contribution in [0.5, 0.6) is 5.75 Å². The molecule has 0 saturated carbocycles. The van der Waals surface area contributed by atoms with Crippen LogP contribution in [-0.4, -0.2) is 11.7 Å². The second kappa shape index (κ2) is 6.62. The van der Waals surface area contributed by atoms with E-state index in [-0.39, 0.29) is 12.4 Å². The maximum Gasteiger partial charge on any atom is 0.419 e. The number of hydrogen-bond acceptors (Lipinski definition) is 4. The summed E-state index contributed by atoms with van der Waals surface area (Å²) in [6, 6.07) is 6.71. The van der Waals surface area contributed by atoms with Crippen LogP contribution in [0.4, 0.5) is 13.2 Å². The molecule has 1 heterocycles. The van der Waals surface area contributed by atoms with Gasteiger partial charge in [-0.05, 0) is 18.7 Å². The van der Waals surface area contributed by atoms with Gasteiger partial charge in [0.05, 0.1) is 11.3 Å². The van der Waals surface area contributed by atoms with Crippen LogP contribution in [0.15, 0.2) is 34.9 Å². The van der Waals surface area contributed by atoms with Gasteiger partial charge in [-0.2, -0.15) is 13.2 Å². The molecule has 0 saturated heterocycles. The van der Waals surface area contributed by atoms with Crippen molar-refractivity contribution >= 4 is 0 Å². The van der Waals surface area contributed by atoms with E-state index in [1.54, 1.807) is 6.07 Å². The summed E-state index contributed by atoms with van der Waals surface area (Å²) in [5.74, 6) is 0.148. The molecule has 0 aliphatic carbocycles. The fourth-order valence-electron chi connectivity index (χ4n) is 1.74. The maximum atomic E-state index is 12.8. The molecule has 2 aromatic rings. The van der Waals surface area contributed by atoms with Gasteiger partial charge in [-0.25, -0.2) is 0 Å². The van der Waals surface area contributed by atoms with Crippen molar-refractivity contribution in [3.8, 4) is 5.75 Å². The Hall–Kier alpha value is -2.02. The molecular weight excluding hydrogens is 285 g/mol. The molecule has 1 aromatic carbocycles. The van der Waals surface area contributed by atoms with Gasteiger partial charge < -0.3 is 14.6 Å². The third kappa shape index (κ3) is 4.22. The van der Waals surface area contributed by atoms with Crippen LogP contribution in [-0.2, 0) is 19.3 Å². The molecule has 0 spiro atoms. The number of aromatic nitrogens is 1. The van der Waals surface area contributed by atoms with Crippen molar-refractivity contribution in [3.63, 3.8) is 0 Å². The number of nitrogens with zero attached hydrogens (tertiary/aromatic N) is 1. The van der Waals surface area contributed by atoms with Gasteiger partial charge in [0.25, 0.3) is 0 Å². The molecule has 1 aromatic heterocycles. The molecular formula is C14H15F3N2O2. The SMILES string of the molecule is CCNCc1cc(COc2ccccc2C(F)(F)F)on1. The summed E-state index contributed by atoms with van der Waals surface area (Å²) in [7, 11) is 0. The van der Waals surface area contributed by atoms with Gasteiger partial charge in [0, 0.05) is 12.6 Å². The number of benzene rings is 1. The Kier molecular flexibility index (Phi) is 4.85. The van der Waals surface area contributed by atoms with Gasteiger partial charge in [-0.3, -0.25) is 0 Å². The molecule has 4 nitrogen and oxygen atoms in total. The largest absolute Gasteiger partial charge is 0.485 e. The average Bonchev–Trinajstić information content (AvgIpc) is 2.90. The molecule has 114 valence electrons. The highest BCUT2D eigenvalue weighted by Gasteiger charge is 2.34. The average molecular weight is 300 g/mol. The molecule has 0 unspecified atom stereocenters. The second-order valence-corrected chi connectivity index (χ2v) is 4.35. The zero-order valence-electron chi connectivity index (χ0n) is 11.4. The van der Waals surface area contributed by atoms with Gasteiger partial charge in [-0.15, -0.1) is 0 Å². The molecule has 0 fully saturated rings. The number of ether oxygens (including phenoxy) is 1. The zero-order valence-corrected chi connectivity index (χ0v) is 11.4. The van der Waals surface area contributed by atoms with E-state index in [4.69, 9.17) is 9.26 Å². The lowest BCUT2D eigenvalue weighted by molar-refractivity contribution is -0.139. The summed E-state index contributed by atoms with van der Waals surface area (Å²) in [6.45, 7) is 3.18. The van der Waals surface area contributed by atoms with Crippen molar-refractivity contribution in [1.29, 1.82) is 0 Å². The molecule has 1 N–H and O–H groups in total. The van der Waals surface area contributed by atoms with Crippen LogP contribution in [0.1, 0.15) is 23.9 Å². The summed E-state index contributed by atoms with van der Waals surface area (Å²) in [4.78, 5) is 0. The summed E-state index contributed by atoms with van der Waals surface area (Å²) < 4.78 is 48.6. The van der Waals surface area contributed by atoms with E-state index < -0.39 is 11.7 Å². The van der Waals surface area contributed by atoms with Crippen LogP contribution in [0.2, 0.25) is 0 Å². The Morgan fingerprint density at radius 2 is 2.05 bits per heavy atom. The first kappa shape index (κ1) is 15.4. The Bertz CT molecular complexity index is 582. The number of rotatable bonds is 6. The van der Waals surface area contributed by atoms with Gasteiger partial charge >= 0.3 is 6.18 Å². The van der Waals surface area contributed by atoms with Crippen molar-refractivity contribution in [1.82, 2.24) is 10.5 Å². The van der Waals surface area contributed by atoms with E-state index in [1.807, 2.05) is 6.92 Å². The third-order valence-electron chi connectivity index (χ3n) is 2.73. The maximum absolute atomic E-state index is 12.8. The normalized spacial score (nSPS) is 11.6. The molecule has 0 aliphatic heterocycles. The lowest BCUT2D eigenvalue weighted by Crippen LogP contribution is -2.11. The molecule has 21 heavy (non-hydrogen) atoms. The van der Waals surface area contributed by atoms with E-state index in [2.05, 4.69) is 10.5 Å². The quantitative estimate of drug-likeness (QED) is 0.888. The predicted octanol–water partition coefficient (Wildman–Crippen LogP) is 3.38. The fraction of sp³-hybridized carbons (Fsp3) is 0.357. The van der Waals surface area contributed by atoms with E-state index in [1.165, 1.54) is 18.2 Å². The number of para-hydroxylation sites is 1. The van der Waals surface area contributed by atoms with Crippen LogP contribution >= 0.6 is 0 Å². The van der Waals surface area contributed by atoms with Gasteiger partial charge in [0.1, 0.15) is 12.4 Å². The minimum absolute atomic E-state index is 0.105. The summed E-state index contributed by atoms with van der Waals surface area (Å²) in [5, 5.41) is 6.87. The Balaban J connectivity index is 2.02. The van der Waals surface area contributed by atoms with E-state index >= 15 is 0 Å². The highest BCUT2D eigenvalue weighted by atomic mass is 19.4. The smallest absolute Gasteiger partial charge is 0.419 e. The summed E-state index contributed by atoms with van der Waals surface area (Å²) >= 11 is 0. The van der Waals surface area contributed by atoms with Crippen molar-refractivity contribution in [2.24, 2.45) is 0 Å². The van der Waals surface area contributed by atoms with Crippen molar-refractivity contribution in [2.75, 3.05) is 6.54 Å². The molecule has 0 radical (unpaired) electrons. The zero-order chi connectivity index (χ0) is 15.3. The van der Waals surface area contributed by atoms with Crippen molar-refractivity contribution in [3.05, 3.63) is 47.3 Å². The second-order valence-electron chi connectivity index (χ2n) is 4.35. The minimum Gasteiger partial charge on any atom is -0.485 e. The lowest BCUT2D eigenvalue weighted by atomic mass is 10.2. The Morgan fingerprint density at radius 1 is 1.29 bits per heavy atom. The van der Waals surface area contributed by atoms with Gasteiger partial charge in [0.15, 0.2) is 5.76 Å². The highest BCUT2D eigenvalue weighted by molar-refractivity contribution is 5.35. The van der Waals surface area contributed by atoms with Gasteiger partial charge in [-0.1, -0.05) is 24.2 Å². The highest BCUT2D eigenvalue weighted by Crippen LogP contribution is 2.36. The molecule has 2 rings (SSSR count). The van der Waals surface area contributed by atoms with Crippen LogP contribution in [0, 0.1) is 0 Å². The standard InChI is InChI=1S/C14H15F3N2O2/c1-2-18-8-10-7-11(21-19-10)9-20-13-6-4-3-5-12(13)14(15,16)17/h3-7,18H,2,8-9H2,1H3.